The number of carbonyl (C=O) groups is 1. The lowest BCUT2D eigenvalue weighted by Gasteiger charge is -2.26. The molecule has 4 nitrogen and oxygen atoms in total. The quantitative estimate of drug-likeness (QED) is 0.905. The molecule has 2 heterocycles. The lowest BCUT2D eigenvalue weighted by atomic mass is 9.96. The molecule has 1 atom stereocenters. The summed E-state index contributed by atoms with van der Waals surface area (Å²) in [7, 11) is 0. The van der Waals surface area contributed by atoms with Gasteiger partial charge in [0.2, 0.25) is 0 Å². The number of hydrogen-bond acceptors (Lipinski definition) is 3. The number of amides is 1. The van der Waals surface area contributed by atoms with E-state index in [0.717, 1.165) is 24.9 Å². The highest BCUT2D eigenvalue weighted by molar-refractivity contribution is 5.92. The van der Waals surface area contributed by atoms with Gasteiger partial charge in [-0.15, -0.1) is 0 Å². The molecule has 0 saturated carbocycles. The van der Waals surface area contributed by atoms with Crippen molar-refractivity contribution in [3.63, 3.8) is 0 Å². The van der Waals surface area contributed by atoms with Crippen LogP contribution in [-0.2, 0) is 19.4 Å². The number of rotatable bonds is 4. The minimum atomic E-state index is -0.127. The number of aryl methyl sites for hydroxylation is 1. The molecule has 4 heteroatoms. The Bertz CT molecular complexity index is 633. The Morgan fingerprint density at radius 1 is 1.33 bits per heavy atom. The minimum Gasteiger partial charge on any atom is -0.459 e. The van der Waals surface area contributed by atoms with Crippen LogP contribution < -0.4 is 10.6 Å². The van der Waals surface area contributed by atoms with E-state index in [1.54, 1.807) is 6.26 Å². The molecule has 1 aromatic heterocycles. The second kappa shape index (κ2) is 6.14. The third kappa shape index (κ3) is 3.00. The minimum absolute atomic E-state index is 0.127. The first-order valence-electron chi connectivity index (χ1n) is 7.42. The fourth-order valence-electron chi connectivity index (χ4n) is 2.77. The van der Waals surface area contributed by atoms with Crippen molar-refractivity contribution in [2.45, 2.75) is 32.4 Å². The van der Waals surface area contributed by atoms with Crippen molar-refractivity contribution in [3.8, 4) is 0 Å². The van der Waals surface area contributed by atoms with E-state index in [0.29, 0.717) is 12.3 Å². The normalized spacial score (nSPS) is 17.3. The van der Waals surface area contributed by atoms with Crippen LogP contribution >= 0.6 is 0 Å². The first-order chi connectivity index (χ1) is 10.3. The van der Waals surface area contributed by atoms with Crippen LogP contribution in [0.5, 0.6) is 0 Å². The highest BCUT2D eigenvalue weighted by Crippen LogP contribution is 2.16. The van der Waals surface area contributed by atoms with Crippen molar-refractivity contribution in [2.75, 3.05) is 6.54 Å². The van der Waals surface area contributed by atoms with Gasteiger partial charge in [0, 0.05) is 24.7 Å². The Kier molecular flexibility index (Phi) is 4.06. The summed E-state index contributed by atoms with van der Waals surface area (Å²) >= 11 is 0. The average molecular weight is 284 g/mol. The molecule has 0 spiro atoms. The van der Waals surface area contributed by atoms with E-state index >= 15 is 0 Å². The molecule has 2 aromatic rings. The summed E-state index contributed by atoms with van der Waals surface area (Å²) < 4.78 is 5.28. The third-order valence-corrected chi connectivity index (χ3v) is 4.01. The maximum absolute atomic E-state index is 12.1. The summed E-state index contributed by atoms with van der Waals surface area (Å²) in [5.41, 5.74) is 3.66. The van der Waals surface area contributed by atoms with Crippen LogP contribution in [0.4, 0.5) is 0 Å². The molecule has 0 bridgehead atoms. The molecular formula is C17H20N2O2. The van der Waals surface area contributed by atoms with E-state index in [2.05, 4.69) is 34.9 Å². The highest BCUT2D eigenvalue weighted by Gasteiger charge is 2.20. The molecule has 1 amide bonds. The summed E-state index contributed by atoms with van der Waals surface area (Å²) in [5, 5.41) is 6.42. The van der Waals surface area contributed by atoms with Gasteiger partial charge in [-0.2, -0.15) is 0 Å². The lowest BCUT2D eigenvalue weighted by Crippen LogP contribution is -2.44. The van der Waals surface area contributed by atoms with Crippen molar-refractivity contribution in [2.24, 2.45) is 0 Å². The van der Waals surface area contributed by atoms with Crippen molar-refractivity contribution >= 4 is 5.91 Å². The van der Waals surface area contributed by atoms with Crippen LogP contribution in [0.1, 0.15) is 34.2 Å². The fourth-order valence-corrected chi connectivity index (χ4v) is 2.77. The van der Waals surface area contributed by atoms with E-state index < -0.39 is 0 Å². The van der Waals surface area contributed by atoms with Crippen LogP contribution in [0.3, 0.4) is 0 Å². The van der Waals surface area contributed by atoms with Gasteiger partial charge in [-0.1, -0.05) is 31.2 Å². The molecule has 21 heavy (non-hydrogen) atoms. The SMILES string of the molecule is CCc1ccoc1C(=O)NC[C@H]1Cc2ccccc2CN1. The number of furan rings is 1. The number of fused-ring (bicyclic) bond motifs is 1. The van der Waals surface area contributed by atoms with Crippen molar-refractivity contribution in [3.05, 3.63) is 59.0 Å². The molecule has 0 aliphatic carbocycles. The molecule has 0 saturated heterocycles. The van der Waals surface area contributed by atoms with Gasteiger partial charge in [0.1, 0.15) is 0 Å². The molecule has 0 radical (unpaired) electrons. The zero-order chi connectivity index (χ0) is 14.7. The third-order valence-electron chi connectivity index (χ3n) is 4.01. The Hall–Kier alpha value is -2.07. The topological polar surface area (TPSA) is 54.3 Å². The van der Waals surface area contributed by atoms with Gasteiger partial charge in [0.25, 0.3) is 5.91 Å². The number of hydrogen-bond donors (Lipinski definition) is 2. The Morgan fingerprint density at radius 3 is 2.95 bits per heavy atom. The number of carbonyl (C=O) groups excluding carboxylic acids is 1. The molecule has 0 unspecified atom stereocenters. The smallest absolute Gasteiger partial charge is 0.287 e. The Balaban J connectivity index is 1.58. The zero-order valence-electron chi connectivity index (χ0n) is 12.2. The van der Waals surface area contributed by atoms with E-state index in [4.69, 9.17) is 4.42 Å². The molecule has 110 valence electrons. The van der Waals surface area contributed by atoms with E-state index in [1.165, 1.54) is 11.1 Å². The predicted octanol–water partition coefficient (Wildman–Crippen LogP) is 2.29. The summed E-state index contributed by atoms with van der Waals surface area (Å²) in [6.45, 7) is 3.48. The number of nitrogens with one attached hydrogen (secondary N) is 2. The van der Waals surface area contributed by atoms with Crippen molar-refractivity contribution in [1.82, 2.24) is 10.6 Å². The van der Waals surface area contributed by atoms with Crippen LogP contribution in [-0.4, -0.2) is 18.5 Å². The maximum atomic E-state index is 12.1. The zero-order valence-corrected chi connectivity index (χ0v) is 12.2. The first kappa shape index (κ1) is 13.9. The van der Waals surface area contributed by atoms with Gasteiger partial charge in [-0.05, 0) is 30.0 Å². The summed E-state index contributed by atoms with van der Waals surface area (Å²) in [5.74, 6) is 0.311. The van der Waals surface area contributed by atoms with Crippen LogP contribution in [0.25, 0.3) is 0 Å². The van der Waals surface area contributed by atoms with Gasteiger partial charge in [0.05, 0.1) is 6.26 Å². The molecule has 1 aliphatic rings. The monoisotopic (exact) mass is 284 g/mol. The molecule has 2 N–H and O–H groups in total. The van der Waals surface area contributed by atoms with Gasteiger partial charge in [-0.25, -0.2) is 0 Å². The lowest BCUT2D eigenvalue weighted by molar-refractivity contribution is 0.0920. The number of benzene rings is 1. The van der Waals surface area contributed by atoms with Crippen molar-refractivity contribution < 1.29 is 9.21 Å². The second-order valence-corrected chi connectivity index (χ2v) is 5.39. The van der Waals surface area contributed by atoms with E-state index in [-0.39, 0.29) is 11.9 Å². The van der Waals surface area contributed by atoms with Gasteiger partial charge in [0.15, 0.2) is 5.76 Å². The first-order valence-corrected chi connectivity index (χ1v) is 7.42. The fraction of sp³-hybridized carbons (Fsp3) is 0.353. The molecule has 0 fully saturated rings. The average Bonchev–Trinajstić information content (AvgIpc) is 3.01. The van der Waals surface area contributed by atoms with Gasteiger partial charge in [-0.3, -0.25) is 4.79 Å². The Labute approximate surface area is 124 Å². The van der Waals surface area contributed by atoms with Crippen LogP contribution in [0.15, 0.2) is 41.0 Å². The summed E-state index contributed by atoms with van der Waals surface area (Å²) in [6.07, 6.45) is 3.31. The predicted molar refractivity (Wildman–Crippen MR) is 81.2 cm³/mol. The molecule has 1 aromatic carbocycles. The molecular weight excluding hydrogens is 264 g/mol. The largest absolute Gasteiger partial charge is 0.459 e. The van der Waals surface area contributed by atoms with E-state index in [9.17, 15) is 4.79 Å². The summed E-state index contributed by atoms with van der Waals surface area (Å²) in [6, 6.07) is 10.6. The second-order valence-electron chi connectivity index (χ2n) is 5.39. The van der Waals surface area contributed by atoms with E-state index in [1.807, 2.05) is 13.0 Å². The standard InChI is InChI=1S/C17H20N2O2/c1-2-12-7-8-21-16(12)17(20)19-11-15-9-13-5-3-4-6-14(13)10-18-15/h3-8,15,18H,2,9-11H2,1H3,(H,19,20)/t15-/m1/s1. The maximum Gasteiger partial charge on any atom is 0.287 e. The van der Waals surface area contributed by atoms with Gasteiger partial charge >= 0.3 is 0 Å². The van der Waals surface area contributed by atoms with Crippen molar-refractivity contribution in [1.29, 1.82) is 0 Å². The highest BCUT2D eigenvalue weighted by atomic mass is 16.3. The van der Waals surface area contributed by atoms with Crippen LogP contribution in [0, 0.1) is 0 Å². The molecule has 1 aliphatic heterocycles. The van der Waals surface area contributed by atoms with Crippen LogP contribution in [0.2, 0.25) is 0 Å². The molecule has 3 rings (SSSR count). The Morgan fingerprint density at radius 2 is 2.14 bits per heavy atom. The van der Waals surface area contributed by atoms with Gasteiger partial charge < -0.3 is 15.1 Å². The summed E-state index contributed by atoms with van der Waals surface area (Å²) in [4.78, 5) is 12.1.